The van der Waals surface area contributed by atoms with Gasteiger partial charge in [0.1, 0.15) is 0 Å². The van der Waals surface area contributed by atoms with Crippen LogP contribution in [0.2, 0.25) is 0 Å². The molecule has 32 heavy (non-hydrogen) atoms. The molecule has 3 heteroatoms. The number of H-pyrrole nitrogens is 1. The molecule has 0 atom stereocenters. The lowest BCUT2D eigenvalue weighted by molar-refractivity contribution is 0.254. The summed E-state index contributed by atoms with van der Waals surface area (Å²) in [6.07, 6.45) is 7.58. The molecule has 4 aromatic rings. The summed E-state index contributed by atoms with van der Waals surface area (Å²) in [5, 5.41) is 1.32. The number of para-hydroxylation sites is 1. The van der Waals surface area contributed by atoms with E-state index in [1.165, 1.54) is 40.4 Å². The van der Waals surface area contributed by atoms with Crippen LogP contribution in [0.15, 0.2) is 96.1 Å². The smallest absolute Gasteiger partial charge is 0.0849 e. The molecule has 3 nitrogen and oxygen atoms in total. The number of nitrogens with one attached hydrogen (secondary N) is 1. The van der Waals surface area contributed by atoms with Crippen molar-refractivity contribution in [2.24, 2.45) is 10.9 Å². The first-order valence-corrected chi connectivity index (χ1v) is 11.8. The van der Waals surface area contributed by atoms with E-state index in [1.807, 2.05) is 0 Å². The molecule has 1 aliphatic heterocycles. The fourth-order valence-corrected chi connectivity index (χ4v) is 5.12. The number of rotatable bonds is 7. The second-order valence-electron chi connectivity index (χ2n) is 8.80. The molecule has 2 heterocycles. The average molecular weight is 422 g/mol. The zero-order valence-electron chi connectivity index (χ0n) is 18.5. The van der Waals surface area contributed by atoms with Crippen molar-refractivity contribution in [2.45, 2.75) is 25.2 Å². The van der Waals surface area contributed by atoms with Gasteiger partial charge in [0.15, 0.2) is 0 Å². The standard InChI is InChI=1S/C29H31N3/c1-3-9-23(10-4-1)29(24-11-5-2-6-12-24)25-16-19-32(20-17-25)22-30-18-15-26-21-31-28-14-8-7-13-27(26)28/h1-14,21-22,25,29,31H,15-20H2. The van der Waals surface area contributed by atoms with Crippen LogP contribution in [0.4, 0.5) is 0 Å². The molecule has 0 spiro atoms. The van der Waals surface area contributed by atoms with E-state index >= 15 is 0 Å². The van der Waals surface area contributed by atoms with E-state index in [1.54, 1.807) is 0 Å². The summed E-state index contributed by atoms with van der Waals surface area (Å²) in [4.78, 5) is 10.5. The van der Waals surface area contributed by atoms with E-state index in [4.69, 9.17) is 4.99 Å². The third-order valence-electron chi connectivity index (χ3n) is 6.79. The number of aliphatic imine (C=N–C) groups is 1. The normalized spacial score (nSPS) is 15.2. The lowest BCUT2D eigenvalue weighted by Crippen LogP contribution is -2.35. The molecule has 0 unspecified atom stereocenters. The van der Waals surface area contributed by atoms with E-state index in [9.17, 15) is 0 Å². The number of fused-ring (bicyclic) bond motifs is 1. The van der Waals surface area contributed by atoms with Gasteiger partial charge in [0.2, 0.25) is 0 Å². The molecule has 0 radical (unpaired) electrons. The minimum atomic E-state index is 0.471. The van der Waals surface area contributed by atoms with Crippen molar-refractivity contribution in [1.82, 2.24) is 9.88 Å². The monoisotopic (exact) mass is 421 g/mol. The van der Waals surface area contributed by atoms with Crippen molar-refractivity contribution in [3.05, 3.63) is 108 Å². The number of hydrogen-bond donors (Lipinski definition) is 1. The number of aromatic nitrogens is 1. The van der Waals surface area contributed by atoms with E-state index in [-0.39, 0.29) is 0 Å². The molecule has 1 saturated heterocycles. The molecule has 0 saturated carbocycles. The third kappa shape index (κ3) is 4.62. The molecule has 0 amide bonds. The Balaban J connectivity index is 1.18. The highest BCUT2D eigenvalue weighted by Gasteiger charge is 2.28. The van der Waals surface area contributed by atoms with Crippen LogP contribution in [0.3, 0.4) is 0 Å². The summed E-state index contributed by atoms with van der Waals surface area (Å²) in [5.74, 6) is 1.13. The van der Waals surface area contributed by atoms with Gasteiger partial charge in [0, 0.05) is 42.7 Å². The molecule has 0 aliphatic carbocycles. The Kier molecular flexibility index (Phi) is 6.34. The van der Waals surface area contributed by atoms with Gasteiger partial charge in [-0.3, -0.25) is 4.99 Å². The highest BCUT2D eigenvalue weighted by atomic mass is 15.1. The lowest BCUT2D eigenvalue weighted by atomic mass is 9.76. The van der Waals surface area contributed by atoms with Crippen LogP contribution in [0, 0.1) is 5.92 Å². The van der Waals surface area contributed by atoms with Crippen LogP contribution >= 0.6 is 0 Å². The molecule has 1 aliphatic rings. The number of nitrogens with zero attached hydrogens (tertiary/aromatic N) is 2. The van der Waals surface area contributed by atoms with E-state index in [2.05, 4.69) is 107 Å². The number of hydrogen-bond acceptors (Lipinski definition) is 1. The molecule has 1 fully saturated rings. The molecular weight excluding hydrogens is 390 g/mol. The van der Waals surface area contributed by atoms with E-state index in [0.29, 0.717) is 11.8 Å². The highest BCUT2D eigenvalue weighted by molar-refractivity contribution is 5.83. The molecule has 0 bridgehead atoms. The Morgan fingerprint density at radius 1 is 0.844 bits per heavy atom. The summed E-state index contributed by atoms with van der Waals surface area (Å²) in [6.45, 7) is 2.99. The number of likely N-dealkylation sites (tertiary alicyclic amines) is 1. The SMILES string of the molecule is C(=NCCc1c[nH]c2ccccc12)N1CCC(C(c2ccccc2)c2ccccc2)CC1. The first-order valence-electron chi connectivity index (χ1n) is 11.8. The Bertz CT molecular complexity index is 1100. The zero-order valence-corrected chi connectivity index (χ0v) is 18.5. The van der Waals surface area contributed by atoms with Gasteiger partial charge in [-0.15, -0.1) is 0 Å². The predicted octanol–water partition coefficient (Wildman–Crippen LogP) is 6.28. The van der Waals surface area contributed by atoms with Gasteiger partial charge in [0.05, 0.1) is 6.34 Å². The third-order valence-corrected chi connectivity index (χ3v) is 6.79. The van der Waals surface area contributed by atoms with Gasteiger partial charge in [-0.2, -0.15) is 0 Å². The van der Waals surface area contributed by atoms with Crippen molar-refractivity contribution < 1.29 is 0 Å². The fourth-order valence-electron chi connectivity index (χ4n) is 5.12. The second kappa shape index (κ2) is 9.86. The van der Waals surface area contributed by atoms with Gasteiger partial charge in [0.25, 0.3) is 0 Å². The van der Waals surface area contributed by atoms with Gasteiger partial charge in [-0.25, -0.2) is 0 Å². The largest absolute Gasteiger partial charge is 0.363 e. The number of piperidine rings is 1. The van der Waals surface area contributed by atoms with Crippen molar-refractivity contribution in [1.29, 1.82) is 0 Å². The first kappa shape index (κ1) is 20.6. The maximum Gasteiger partial charge on any atom is 0.0849 e. The van der Waals surface area contributed by atoms with Crippen LogP contribution in [0.5, 0.6) is 0 Å². The Morgan fingerprint density at radius 2 is 1.47 bits per heavy atom. The van der Waals surface area contributed by atoms with Crippen LogP contribution in [-0.4, -0.2) is 35.9 Å². The predicted molar refractivity (Wildman–Crippen MR) is 134 cm³/mol. The second-order valence-corrected chi connectivity index (χ2v) is 8.80. The van der Waals surface area contributed by atoms with Crippen LogP contribution in [0.1, 0.15) is 35.4 Å². The van der Waals surface area contributed by atoms with Crippen molar-refractivity contribution in [3.8, 4) is 0 Å². The van der Waals surface area contributed by atoms with Crippen LogP contribution in [-0.2, 0) is 6.42 Å². The summed E-state index contributed by atoms with van der Waals surface area (Å²) in [7, 11) is 0. The summed E-state index contributed by atoms with van der Waals surface area (Å²) in [5.41, 5.74) is 5.43. The molecule has 1 aromatic heterocycles. The maximum absolute atomic E-state index is 4.75. The average Bonchev–Trinajstić information content (AvgIpc) is 3.27. The summed E-state index contributed by atoms with van der Waals surface area (Å²) in [6, 6.07) is 30.5. The molecule has 162 valence electrons. The van der Waals surface area contributed by atoms with Crippen LogP contribution in [0.25, 0.3) is 10.9 Å². The first-order chi connectivity index (χ1) is 15.9. The van der Waals surface area contributed by atoms with Gasteiger partial charge < -0.3 is 9.88 Å². The molecule has 3 aromatic carbocycles. The van der Waals surface area contributed by atoms with E-state index < -0.39 is 0 Å². The number of benzene rings is 3. The topological polar surface area (TPSA) is 31.4 Å². The van der Waals surface area contributed by atoms with Crippen molar-refractivity contribution >= 4 is 17.2 Å². The lowest BCUT2D eigenvalue weighted by Gasteiger charge is -2.36. The summed E-state index contributed by atoms with van der Waals surface area (Å²) >= 11 is 0. The van der Waals surface area contributed by atoms with Crippen LogP contribution < -0.4 is 0 Å². The zero-order chi connectivity index (χ0) is 21.6. The minimum Gasteiger partial charge on any atom is -0.363 e. The molecule has 5 rings (SSSR count). The van der Waals surface area contributed by atoms with Crippen molar-refractivity contribution in [2.75, 3.05) is 19.6 Å². The van der Waals surface area contributed by atoms with Gasteiger partial charge in [-0.1, -0.05) is 78.9 Å². The minimum absolute atomic E-state index is 0.471. The fraction of sp³-hybridized carbons (Fsp3) is 0.276. The maximum atomic E-state index is 4.75. The Hall–Kier alpha value is -3.33. The van der Waals surface area contributed by atoms with Crippen molar-refractivity contribution in [3.63, 3.8) is 0 Å². The van der Waals surface area contributed by atoms with Gasteiger partial charge in [-0.05, 0) is 47.9 Å². The molecule has 1 N–H and O–H groups in total. The number of aromatic amines is 1. The summed E-state index contributed by atoms with van der Waals surface area (Å²) < 4.78 is 0. The highest BCUT2D eigenvalue weighted by Crippen LogP contribution is 2.37. The van der Waals surface area contributed by atoms with Gasteiger partial charge >= 0.3 is 0 Å². The van der Waals surface area contributed by atoms with E-state index in [0.717, 1.165) is 26.1 Å². The quantitative estimate of drug-likeness (QED) is 0.276. The Labute approximate surface area is 190 Å². The Morgan fingerprint density at radius 3 is 2.16 bits per heavy atom. The molecular formula is C29H31N3.